The molecule has 0 aromatic carbocycles. The van der Waals surface area contributed by atoms with Gasteiger partial charge in [-0.3, -0.25) is 4.98 Å². The van der Waals surface area contributed by atoms with Crippen molar-refractivity contribution in [1.82, 2.24) is 14.4 Å². The van der Waals surface area contributed by atoms with Crippen molar-refractivity contribution in [3.05, 3.63) is 53.0 Å². The van der Waals surface area contributed by atoms with Crippen LogP contribution < -0.4 is 0 Å². The van der Waals surface area contributed by atoms with E-state index in [9.17, 15) is 0 Å². The van der Waals surface area contributed by atoms with Gasteiger partial charge in [0.2, 0.25) is 0 Å². The SMILES string of the molecule is Cc1cc2nc(-c3ccncc3)cn2cc1Br. The number of aromatic nitrogens is 3. The number of imidazole rings is 1. The lowest BCUT2D eigenvalue weighted by Crippen LogP contribution is -1.85. The van der Waals surface area contributed by atoms with Gasteiger partial charge in [0.15, 0.2) is 0 Å². The van der Waals surface area contributed by atoms with E-state index in [-0.39, 0.29) is 0 Å². The fraction of sp³-hybridized carbons (Fsp3) is 0.0769. The number of aryl methyl sites for hydroxylation is 1. The van der Waals surface area contributed by atoms with Crippen LogP contribution in [-0.2, 0) is 0 Å². The largest absolute Gasteiger partial charge is 0.305 e. The normalized spacial score (nSPS) is 10.9. The molecular weight excluding hydrogens is 278 g/mol. The summed E-state index contributed by atoms with van der Waals surface area (Å²) in [6.07, 6.45) is 7.61. The molecule has 0 radical (unpaired) electrons. The summed E-state index contributed by atoms with van der Waals surface area (Å²) in [5, 5.41) is 0. The molecule has 0 bridgehead atoms. The number of nitrogens with zero attached hydrogens (tertiary/aromatic N) is 3. The lowest BCUT2D eigenvalue weighted by Gasteiger charge is -1.98. The van der Waals surface area contributed by atoms with E-state index in [1.165, 1.54) is 5.56 Å². The highest BCUT2D eigenvalue weighted by Gasteiger charge is 2.05. The van der Waals surface area contributed by atoms with Crippen molar-refractivity contribution in [2.45, 2.75) is 6.92 Å². The van der Waals surface area contributed by atoms with Crippen LogP contribution in [0.25, 0.3) is 16.9 Å². The first-order valence-corrected chi connectivity index (χ1v) is 6.08. The van der Waals surface area contributed by atoms with E-state index < -0.39 is 0 Å². The fourth-order valence-electron chi connectivity index (χ4n) is 1.77. The monoisotopic (exact) mass is 287 g/mol. The molecule has 3 rings (SSSR count). The van der Waals surface area contributed by atoms with Crippen LogP contribution in [0.1, 0.15) is 5.56 Å². The van der Waals surface area contributed by atoms with Gasteiger partial charge in [-0.05, 0) is 46.6 Å². The zero-order valence-electron chi connectivity index (χ0n) is 9.26. The molecule has 0 saturated carbocycles. The molecule has 3 nitrogen and oxygen atoms in total. The predicted octanol–water partition coefficient (Wildman–Crippen LogP) is 3.47. The fourth-order valence-corrected chi connectivity index (χ4v) is 2.10. The van der Waals surface area contributed by atoms with Crippen molar-refractivity contribution in [3.63, 3.8) is 0 Å². The summed E-state index contributed by atoms with van der Waals surface area (Å²) in [5.74, 6) is 0. The molecule has 0 N–H and O–H groups in total. The summed E-state index contributed by atoms with van der Waals surface area (Å²) in [6.45, 7) is 2.06. The second-order valence-electron chi connectivity index (χ2n) is 3.93. The lowest BCUT2D eigenvalue weighted by atomic mass is 10.2. The van der Waals surface area contributed by atoms with Gasteiger partial charge < -0.3 is 4.40 Å². The maximum Gasteiger partial charge on any atom is 0.137 e. The first-order chi connectivity index (χ1) is 8.24. The Morgan fingerprint density at radius 1 is 1.18 bits per heavy atom. The summed E-state index contributed by atoms with van der Waals surface area (Å²) >= 11 is 3.52. The Bertz CT molecular complexity index is 635. The predicted molar refractivity (Wildman–Crippen MR) is 70.9 cm³/mol. The van der Waals surface area contributed by atoms with Crippen LogP contribution in [0.4, 0.5) is 0 Å². The lowest BCUT2D eigenvalue weighted by molar-refractivity contribution is 1.16. The molecule has 0 atom stereocenters. The van der Waals surface area contributed by atoms with E-state index in [1.54, 1.807) is 12.4 Å². The Morgan fingerprint density at radius 2 is 1.94 bits per heavy atom. The van der Waals surface area contributed by atoms with Crippen LogP contribution in [0.2, 0.25) is 0 Å². The Hall–Kier alpha value is -1.68. The Labute approximate surface area is 107 Å². The smallest absolute Gasteiger partial charge is 0.137 e. The Morgan fingerprint density at radius 3 is 2.71 bits per heavy atom. The van der Waals surface area contributed by atoms with Gasteiger partial charge in [0.25, 0.3) is 0 Å². The molecule has 0 spiro atoms. The highest BCUT2D eigenvalue weighted by atomic mass is 79.9. The van der Waals surface area contributed by atoms with Gasteiger partial charge >= 0.3 is 0 Å². The molecule has 0 fully saturated rings. The maximum atomic E-state index is 4.60. The van der Waals surface area contributed by atoms with Gasteiger partial charge in [-0.1, -0.05) is 0 Å². The average Bonchev–Trinajstić information content (AvgIpc) is 2.74. The second kappa shape index (κ2) is 3.96. The second-order valence-corrected chi connectivity index (χ2v) is 4.79. The standard InChI is InChI=1S/C13H10BrN3/c1-9-6-13-16-12(8-17(13)7-11(9)14)10-2-4-15-5-3-10/h2-8H,1H3. The van der Waals surface area contributed by atoms with Crippen LogP contribution in [0.5, 0.6) is 0 Å². The van der Waals surface area contributed by atoms with E-state index in [0.717, 1.165) is 21.4 Å². The highest BCUT2D eigenvalue weighted by Crippen LogP contribution is 2.22. The minimum atomic E-state index is 0.956. The average molecular weight is 288 g/mol. The van der Waals surface area contributed by atoms with Gasteiger partial charge in [-0.25, -0.2) is 4.98 Å². The molecule has 0 aliphatic carbocycles. The first kappa shape index (κ1) is 10.5. The molecule has 3 aromatic rings. The molecule has 0 aliphatic rings. The summed E-state index contributed by atoms with van der Waals surface area (Å²) in [5.41, 5.74) is 4.18. The number of fused-ring (bicyclic) bond motifs is 1. The van der Waals surface area contributed by atoms with E-state index in [0.29, 0.717) is 0 Å². The Balaban J connectivity index is 2.21. The summed E-state index contributed by atoms with van der Waals surface area (Å²) in [6, 6.07) is 5.99. The topological polar surface area (TPSA) is 30.2 Å². The quantitative estimate of drug-likeness (QED) is 0.686. The van der Waals surface area contributed by atoms with E-state index in [4.69, 9.17) is 0 Å². The van der Waals surface area contributed by atoms with Crippen molar-refractivity contribution >= 4 is 21.6 Å². The third-order valence-electron chi connectivity index (χ3n) is 2.71. The van der Waals surface area contributed by atoms with Gasteiger partial charge in [-0.2, -0.15) is 0 Å². The van der Waals surface area contributed by atoms with Gasteiger partial charge in [0, 0.05) is 34.8 Å². The zero-order chi connectivity index (χ0) is 11.8. The van der Waals surface area contributed by atoms with Gasteiger partial charge in [0.05, 0.1) is 5.69 Å². The maximum absolute atomic E-state index is 4.60. The van der Waals surface area contributed by atoms with Crippen LogP contribution in [-0.4, -0.2) is 14.4 Å². The minimum absolute atomic E-state index is 0.956. The van der Waals surface area contributed by atoms with Crippen molar-refractivity contribution in [2.24, 2.45) is 0 Å². The van der Waals surface area contributed by atoms with Crippen LogP contribution in [0, 0.1) is 6.92 Å². The third-order valence-corrected chi connectivity index (χ3v) is 3.54. The molecule has 0 amide bonds. The molecule has 0 aliphatic heterocycles. The van der Waals surface area contributed by atoms with Crippen molar-refractivity contribution in [2.75, 3.05) is 0 Å². The van der Waals surface area contributed by atoms with Crippen molar-refractivity contribution in [1.29, 1.82) is 0 Å². The summed E-state index contributed by atoms with van der Waals surface area (Å²) in [4.78, 5) is 8.61. The van der Waals surface area contributed by atoms with E-state index in [2.05, 4.69) is 38.9 Å². The van der Waals surface area contributed by atoms with E-state index in [1.807, 2.05) is 28.9 Å². The van der Waals surface area contributed by atoms with Crippen LogP contribution in [0.15, 0.2) is 47.5 Å². The zero-order valence-corrected chi connectivity index (χ0v) is 10.8. The van der Waals surface area contributed by atoms with Crippen LogP contribution in [0.3, 0.4) is 0 Å². The van der Waals surface area contributed by atoms with Gasteiger partial charge in [0.1, 0.15) is 5.65 Å². The number of pyridine rings is 2. The molecular formula is C13H10BrN3. The molecule has 0 saturated heterocycles. The van der Waals surface area contributed by atoms with Gasteiger partial charge in [-0.15, -0.1) is 0 Å². The minimum Gasteiger partial charge on any atom is -0.305 e. The summed E-state index contributed by atoms with van der Waals surface area (Å²) in [7, 11) is 0. The molecule has 0 unspecified atom stereocenters. The Kier molecular flexibility index (Phi) is 2.44. The highest BCUT2D eigenvalue weighted by molar-refractivity contribution is 9.10. The first-order valence-electron chi connectivity index (χ1n) is 5.29. The molecule has 3 aromatic heterocycles. The van der Waals surface area contributed by atoms with Crippen molar-refractivity contribution in [3.8, 4) is 11.3 Å². The molecule has 3 heterocycles. The molecule has 17 heavy (non-hydrogen) atoms. The number of hydrogen-bond donors (Lipinski definition) is 0. The van der Waals surface area contributed by atoms with Crippen LogP contribution >= 0.6 is 15.9 Å². The molecule has 4 heteroatoms. The van der Waals surface area contributed by atoms with E-state index >= 15 is 0 Å². The number of hydrogen-bond acceptors (Lipinski definition) is 2. The summed E-state index contributed by atoms with van der Waals surface area (Å²) < 4.78 is 3.11. The molecule has 84 valence electrons. The van der Waals surface area contributed by atoms with Crippen molar-refractivity contribution < 1.29 is 0 Å². The number of halogens is 1. The number of rotatable bonds is 1. The third kappa shape index (κ3) is 1.85.